The minimum atomic E-state index is -4.37. The molecule has 0 amide bonds. The summed E-state index contributed by atoms with van der Waals surface area (Å²) in [6.07, 6.45) is -1.82. The Kier molecular flexibility index (Phi) is 11.7. The van der Waals surface area contributed by atoms with Crippen molar-refractivity contribution in [2.45, 2.75) is 33.4 Å². The van der Waals surface area contributed by atoms with Gasteiger partial charge in [-0.1, -0.05) is 56.6 Å². The Morgan fingerprint density at radius 2 is 1.71 bits per heavy atom. The lowest BCUT2D eigenvalue weighted by Gasteiger charge is -2.11. The number of hydrogen-bond donors (Lipinski definition) is 1. The van der Waals surface area contributed by atoms with Gasteiger partial charge in [0.15, 0.2) is 0 Å². The van der Waals surface area contributed by atoms with Crippen molar-refractivity contribution in [3.8, 4) is 11.1 Å². The Bertz CT molecular complexity index is 774. The van der Waals surface area contributed by atoms with Crippen LogP contribution in [0.3, 0.4) is 0 Å². The van der Waals surface area contributed by atoms with Crippen LogP contribution in [0.15, 0.2) is 48.5 Å². The fourth-order valence-electron chi connectivity index (χ4n) is 2.11. The maximum Gasteiger partial charge on any atom is 0.416 e. The number of anilines is 1. The number of alkyl halides is 3. The topological polar surface area (TPSA) is 52.3 Å². The number of nitrogens with two attached hydrogens (primary N) is 1. The lowest BCUT2D eigenvalue weighted by molar-refractivity contribution is -0.137. The highest BCUT2D eigenvalue weighted by molar-refractivity contribution is 6.49. The molecule has 154 valence electrons. The third-order valence-electron chi connectivity index (χ3n) is 3.31. The van der Waals surface area contributed by atoms with E-state index in [-0.39, 0.29) is 0 Å². The molecule has 0 atom stereocenters. The average Bonchev–Trinajstić information content (AvgIpc) is 2.69. The molecule has 7 heteroatoms. The second-order valence-electron chi connectivity index (χ2n) is 5.17. The zero-order valence-electron chi connectivity index (χ0n) is 16.3. The summed E-state index contributed by atoms with van der Waals surface area (Å²) in [4.78, 5) is 8.95. The molecule has 0 aliphatic carbocycles. The van der Waals surface area contributed by atoms with E-state index in [1.54, 1.807) is 24.3 Å². The van der Waals surface area contributed by atoms with Crippen LogP contribution < -0.4 is 5.73 Å². The fraction of sp³-hybridized carbons (Fsp3) is 0.286. The molecule has 0 bridgehead atoms. The van der Waals surface area contributed by atoms with Crippen LogP contribution >= 0.6 is 11.6 Å². The summed E-state index contributed by atoms with van der Waals surface area (Å²) < 4.78 is 42.3. The number of benzene rings is 2. The van der Waals surface area contributed by atoms with Crippen LogP contribution in [0.1, 0.15) is 38.3 Å². The van der Waals surface area contributed by atoms with Gasteiger partial charge in [0.2, 0.25) is 0 Å². The second kappa shape index (κ2) is 12.8. The molecule has 3 nitrogen and oxygen atoms in total. The number of carbonyl (C=O) groups excluding carboxylic acids is 1. The van der Waals surface area contributed by atoms with Crippen molar-refractivity contribution in [1.29, 1.82) is 0 Å². The SMILES string of the molecule is CC.CC/C=C(/Cl)c1cc(-c2cccc(C(F)(F)F)c2)ccc1N.COC=O. The molecule has 2 N–H and O–H groups in total. The first kappa shape index (κ1) is 25.5. The van der Waals surface area contributed by atoms with Crippen LogP contribution in [-0.4, -0.2) is 13.6 Å². The number of nitrogen functional groups attached to an aromatic ring is 1. The van der Waals surface area contributed by atoms with E-state index in [2.05, 4.69) is 4.74 Å². The maximum absolute atomic E-state index is 12.8. The smallest absolute Gasteiger partial charge is 0.416 e. The molecule has 0 unspecified atom stereocenters. The number of hydrogen-bond acceptors (Lipinski definition) is 3. The zero-order chi connectivity index (χ0) is 21.7. The fourth-order valence-corrected chi connectivity index (χ4v) is 2.42. The van der Waals surface area contributed by atoms with Crippen molar-refractivity contribution in [3.05, 3.63) is 59.7 Å². The first-order valence-electron chi connectivity index (χ1n) is 8.64. The van der Waals surface area contributed by atoms with Crippen LogP contribution in [0.4, 0.5) is 18.9 Å². The van der Waals surface area contributed by atoms with E-state index in [1.165, 1.54) is 13.2 Å². The lowest BCUT2D eigenvalue weighted by atomic mass is 9.99. The summed E-state index contributed by atoms with van der Waals surface area (Å²) >= 11 is 6.18. The highest BCUT2D eigenvalue weighted by Crippen LogP contribution is 2.34. The van der Waals surface area contributed by atoms with Crippen molar-refractivity contribution < 1.29 is 22.7 Å². The normalized spacial score (nSPS) is 10.8. The molecule has 0 spiro atoms. The average molecular weight is 416 g/mol. The predicted octanol–water partition coefficient (Wildman–Crippen LogP) is 6.76. The Labute approximate surface area is 169 Å². The van der Waals surface area contributed by atoms with E-state index in [1.807, 2.05) is 26.8 Å². The van der Waals surface area contributed by atoms with Gasteiger partial charge in [0.1, 0.15) is 0 Å². The summed E-state index contributed by atoms with van der Waals surface area (Å²) in [5.41, 5.74) is 7.43. The third kappa shape index (κ3) is 8.05. The standard InChI is InChI=1S/C17H15ClF3N.C2H4O2.C2H6/c1-2-4-15(18)14-10-12(7-8-16(14)22)11-5-3-6-13(9-11)17(19,20)21;1-4-2-3;1-2/h3-10H,2,22H2,1H3;2H,1H3;1-2H3/b15-4+;;. The van der Waals surface area contributed by atoms with E-state index < -0.39 is 11.7 Å². The lowest BCUT2D eigenvalue weighted by Crippen LogP contribution is -2.04. The zero-order valence-corrected chi connectivity index (χ0v) is 17.1. The highest BCUT2D eigenvalue weighted by atomic mass is 35.5. The molecule has 0 radical (unpaired) electrons. The molecule has 0 saturated heterocycles. The van der Waals surface area contributed by atoms with Crippen LogP contribution in [0.25, 0.3) is 16.2 Å². The molecule has 28 heavy (non-hydrogen) atoms. The van der Waals surface area contributed by atoms with Gasteiger partial charge in [0.05, 0.1) is 12.7 Å². The van der Waals surface area contributed by atoms with Gasteiger partial charge in [0.25, 0.3) is 6.47 Å². The van der Waals surface area contributed by atoms with Crippen LogP contribution in [-0.2, 0) is 15.7 Å². The molecule has 0 heterocycles. The second-order valence-corrected chi connectivity index (χ2v) is 5.58. The van der Waals surface area contributed by atoms with Gasteiger partial charge >= 0.3 is 6.18 Å². The largest absolute Gasteiger partial charge is 0.471 e. The van der Waals surface area contributed by atoms with E-state index >= 15 is 0 Å². The summed E-state index contributed by atoms with van der Waals surface area (Å²) in [6, 6.07) is 10.2. The first-order chi connectivity index (χ1) is 13.2. The number of carbonyl (C=O) groups is 1. The molecule has 2 aromatic rings. The first-order valence-corrected chi connectivity index (χ1v) is 9.02. The van der Waals surface area contributed by atoms with Crippen LogP contribution in [0, 0.1) is 0 Å². The summed E-state index contributed by atoms with van der Waals surface area (Å²) in [7, 11) is 1.31. The Morgan fingerprint density at radius 1 is 1.14 bits per heavy atom. The number of halogens is 4. The van der Waals surface area contributed by atoms with Gasteiger partial charge in [-0.2, -0.15) is 13.2 Å². The molecule has 0 saturated carbocycles. The Balaban J connectivity index is 0.00000108. The Hall–Kier alpha value is -2.47. The number of allylic oxidation sites excluding steroid dienone is 1. The van der Waals surface area contributed by atoms with Crippen molar-refractivity contribution in [1.82, 2.24) is 0 Å². The molecular weight excluding hydrogens is 391 g/mol. The van der Waals surface area contributed by atoms with Gasteiger partial charge in [-0.3, -0.25) is 4.79 Å². The molecule has 2 aromatic carbocycles. The van der Waals surface area contributed by atoms with Crippen molar-refractivity contribution >= 4 is 28.8 Å². The van der Waals surface area contributed by atoms with Crippen molar-refractivity contribution in [3.63, 3.8) is 0 Å². The highest BCUT2D eigenvalue weighted by Gasteiger charge is 2.30. The minimum absolute atomic E-state index is 0.375. The van der Waals surface area contributed by atoms with E-state index in [9.17, 15) is 13.2 Å². The summed E-state index contributed by atoms with van der Waals surface area (Å²) in [6.45, 7) is 6.31. The number of rotatable bonds is 4. The van der Waals surface area contributed by atoms with Gasteiger partial charge in [-0.05, 0) is 41.8 Å². The van der Waals surface area contributed by atoms with Crippen LogP contribution in [0.2, 0.25) is 0 Å². The van der Waals surface area contributed by atoms with E-state index in [0.29, 0.717) is 33.9 Å². The van der Waals surface area contributed by atoms with Gasteiger partial charge < -0.3 is 10.5 Å². The monoisotopic (exact) mass is 415 g/mol. The predicted molar refractivity (Wildman–Crippen MR) is 110 cm³/mol. The molecule has 0 aliphatic rings. The van der Waals surface area contributed by atoms with Crippen molar-refractivity contribution in [2.24, 2.45) is 0 Å². The maximum atomic E-state index is 12.8. The van der Waals surface area contributed by atoms with Gasteiger partial charge in [-0.15, -0.1) is 0 Å². The minimum Gasteiger partial charge on any atom is -0.471 e. The third-order valence-corrected chi connectivity index (χ3v) is 3.67. The van der Waals surface area contributed by atoms with E-state index in [4.69, 9.17) is 22.1 Å². The molecule has 0 fully saturated rings. The Morgan fingerprint density at radius 3 is 2.21 bits per heavy atom. The number of methoxy groups -OCH3 is 1. The molecular formula is C21H25ClF3NO2. The molecule has 0 aromatic heterocycles. The quantitative estimate of drug-likeness (QED) is 0.443. The molecule has 0 aliphatic heterocycles. The van der Waals surface area contributed by atoms with E-state index in [0.717, 1.165) is 18.6 Å². The van der Waals surface area contributed by atoms with Crippen molar-refractivity contribution in [2.75, 3.05) is 12.8 Å². The summed E-state index contributed by atoms with van der Waals surface area (Å²) in [5, 5.41) is 0.494. The summed E-state index contributed by atoms with van der Waals surface area (Å²) in [5.74, 6) is 0. The van der Waals surface area contributed by atoms with Gasteiger partial charge in [0, 0.05) is 16.3 Å². The van der Waals surface area contributed by atoms with Gasteiger partial charge in [-0.25, -0.2) is 0 Å². The van der Waals surface area contributed by atoms with Crippen LogP contribution in [0.5, 0.6) is 0 Å². The molecule has 2 rings (SSSR count). The number of ether oxygens (including phenoxy) is 1.